The number of nitrogens with one attached hydrogen (secondary N) is 2. The maximum Gasteiger partial charge on any atom is 0.698 e. The van der Waals surface area contributed by atoms with Gasteiger partial charge in [0.15, 0.2) is 29.6 Å². The van der Waals surface area contributed by atoms with E-state index in [9.17, 15) is 19.3 Å². The van der Waals surface area contributed by atoms with Gasteiger partial charge in [-0.3, -0.25) is 24.5 Å². The lowest BCUT2D eigenvalue weighted by atomic mass is 10.1. The van der Waals surface area contributed by atoms with Gasteiger partial charge in [-0.15, -0.1) is 9.05 Å². The van der Waals surface area contributed by atoms with Gasteiger partial charge in [0.25, 0.3) is 5.56 Å². The molecule has 5 atom stereocenters. The smallest absolute Gasteiger partial charge is 0.394 e. The van der Waals surface area contributed by atoms with Crippen molar-refractivity contribution < 1.29 is 28.3 Å². The van der Waals surface area contributed by atoms with Crippen LogP contribution in [0.2, 0.25) is 0 Å². The van der Waals surface area contributed by atoms with Crippen LogP contribution < -0.4 is 10.9 Å². The zero-order chi connectivity index (χ0) is 19.3. The zero-order valence-electron chi connectivity index (χ0n) is 14.4. The summed E-state index contributed by atoms with van der Waals surface area (Å²) in [5, 5.41) is 12.0. The van der Waals surface area contributed by atoms with E-state index in [1.165, 1.54) is 10.9 Å². The number of rotatable bonds is 4. The average molecular weight is 398 g/mol. The minimum Gasteiger partial charge on any atom is -0.394 e. The first-order valence-corrected chi connectivity index (χ1v) is 9.33. The van der Waals surface area contributed by atoms with Gasteiger partial charge in [0.1, 0.15) is 6.10 Å². The SMILES string of the molecule is CC(C)C(=O)Nc1nc2c(ncn2[C@@H]2O[C@H](CO)C3O[P+](=O)OC32)c(=O)[nH]1. The van der Waals surface area contributed by atoms with Crippen LogP contribution in [0.5, 0.6) is 0 Å². The van der Waals surface area contributed by atoms with Crippen molar-refractivity contribution in [3.63, 3.8) is 0 Å². The van der Waals surface area contributed by atoms with Crippen molar-refractivity contribution in [3.05, 3.63) is 16.7 Å². The lowest BCUT2D eigenvalue weighted by Gasteiger charge is -2.15. The Morgan fingerprint density at radius 2 is 2.19 bits per heavy atom. The highest BCUT2D eigenvalue weighted by Gasteiger charge is 2.61. The Morgan fingerprint density at radius 3 is 2.89 bits per heavy atom. The standard InChI is InChI=1S/C14H16N5O7P/c1-5(2)11(21)17-14-16-10-7(12(22)18-14)15-4-19(10)13-9-8(6(3-20)24-13)25-27(23)26-9/h4-6,8-9,13,20H,3H2,1-2H3,(H-,16,17,18,21,22)/p+1/t6-,8?,9?,13-/m1/s1. The number of H-pyrrole nitrogens is 1. The van der Waals surface area contributed by atoms with Gasteiger partial charge < -0.3 is 9.84 Å². The Hall–Kier alpha value is -2.24. The number of fused-ring (bicyclic) bond motifs is 2. The number of aromatic amines is 1. The molecule has 0 bridgehead atoms. The summed E-state index contributed by atoms with van der Waals surface area (Å²) in [7, 11) is -2.33. The van der Waals surface area contributed by atoms with E-state index in [0.29, 0.717) is 0 Å². The first kappa shape index (κ1) is 18.1. The monoisotopic (exact) mass is 398 g/mol. The third-order valence-electron chi connectivity index (χ3n) is 4.35. The summed E-state index contributed by atoms with van der Waals surface area (Å²) in [5.74, 6) is -0.651. The lowest BCUT2D eigenvalue weighted by molar-refractivity contribution is -0.118. The van der Waals surface area contributed by atoms with Gasteiger partial charge in [-0.1, -0.05) is 13.8 Å². The van der Waals surface area contributed by atoms with Gasteiger partial charge in [-0.05, 0) is 0 Å². The van der Waals surface area contributed by atoms with Crippen LogP contribution in [0.15, 0.2) is 11.1 Å². The number of nitrogens with zero attached hydrogens (tertiary/aromatic N) is 3. The Bertz CT molecular complexity index is 972. The van der Waals surface area contributed by atoms with Crippen molar-refractivity contribution in [2.24, 2.45) is 5.92 Å². The number of aliphatic hydroxyl groups is 1. The molecule has 2 saturated heterocycles. The molecular weight excluding hydrogens is 381 g/mol. The Labute approximate surface area is 152 Å². The van der Waals surface area contributed by atoms with Crippen molar-refractivity contribution in [3.8, 4) is 0 Å². The molecule has 13 heteroatoms. The van der Waals surface area contributed by atoms with Gasteiger partial charge in [-0.2, -0.15) is 4.98 Å². The number of amides is 1. The minimum absolute atomic E-state index is 0.0316. The molecule has 4 rings (SSSR count). The van der Waals surface area contributed by atoms with Gasteiger partial charge in [0, 0.05) is 10.5 Å². The van der Waals surface area contributed by atoms with E-state index in [1.54, 1.807) is 13.8 Å². The highest BCUT2D eigenvalue weighted by molar-refractivity contribution is 7.33. The van der Waals surface area contributed by atoms with Crippen LogP contribution in [0.4, 0.5) is 5.95 Å². The summed E-state index contributed by atoms with van der Waals surface area (Å²) in [6, 6.07) is 0. The van der Waals surface area contributed by atoms with Crippen molar-refractivity contribution in [1.29, 1.82) is 0 Å². The molecular formula is C14H17N5O7P+. The Kier molecular flexibility index (Phi) is 4.52. The molecule has 3 unspecified atom stereocenters. The molecule has 0 aliphatic carbocycles. The number of carbonyl (C=O) groups excluding carboxylic acids is 1. The third kappa shape index (κ3) is 3.05. The molecule has 2 aliphatic heterocycles. The maximum absolute atomic E-state index is 12.3. The number of hydrogen-bond acceptors (Lipinski definition) is 9. The normalized spacial score (nSPS) is 28.8. The molecule has 2 aromatic rings. The van der Waals surface area contributed by atoms with Crippen LogP contribution in [0, 0.1) is 5.92 Å². The summed E-state index contributed by atoms with van der Waals surface area (Å²) < 4.78 is 29.2. The van der Waals surface area contributed by atoms with Crippen molar-refractivity contribution in [2.45, 2.75) is 38.4 Å². The van der Waals surface area contributed by atoms with Crippen LogP contribution in [0.25, 0.3) is 11.2 Å². The van der Waals surface area contributed by atoms with E-state index < -0.39 is 38.4 Å². The largest absolute Gasteiger partial charge is 0.698 e. The number of ether oxygens (including phenoxy) is 1. The fraction of sp³-hybridized carbons (Fsp3) is 0.571. The fourth-order valence-corrected chi connectivity index (χ4v) is 3.90. The molecule has 144 valence electrons. The summed E-state index contributed by atoms with van der Waals surface area (Å²) >= 11 is 0. The fourth-order valence-electron chi connectivity index (χ4n) is 2.97. The predicted octanol–water partition coefficient (Wildman–Crippen LogP) is 0.0452. The quantitative estimate of drug-likeness (QED) is 0.605. The molecule has 0 aromatic carbocycles. The first-order valence-electron chi connectivity index (χ1n) is 8.24. The molecule has 0 radical (unpaired) electrons. The van der Waals surface area contributed by atoms with Crippen LogP contribution in [-0.4, -0.2) is 55.5 Å². The minimum atomic E-state index is -2.33. The second-order valence-electron chi connectivity index (χ2n) is 6.49. The van der Waals surface area contributed by atoms with E-state index in [0.717, 1.165) is 0 Å². The second-order valence-corrected chi connectivity index (χ2v) is 7.36. The number of aliphatic hydroxyl groups excluding tert-OH is 1. The van der Waals surface area contributed by atoms with E-state index in [2.05, 4.69) is 20.3 Å². The topological polar surface area (TPSA) is 158 Å². The number of carbonyl (C=O) groups is 1. The number of anilines is 1. The molecule has 2 aliphatic rings. The first-order chi connectivity index (χ1) is 12.9. The average Bonchev–Trinajstić information content (AvgIpc) is 3.27. The molecule has 12 nitrogen and oxygen atoms in total. The molecule has 2 fully saturated rings. The molecule has 4 heterocycles. The molecule has 3 N–H and O–H groups in total. The van der Waals surface area contributed by atoms with E-state index in [-0.39, 0.29) is 35.5 Å². The zero-order valence-corrected chi connectivity index (χ0v) is 15.3. The van der Waals surface area contributed by atoms with Crippen molar-refractivity contribution >= 4 is 31.3 Å². The number of hydrogen-bond donors (Lipinski definition) is 3. The lowest BCUT2D eigenvalue weighted by Crippen LogP contribution is -2.30. The molecule has 1 amide bonds. The summed E-state index contributed by atoms with van der Waals surface area (Å²) in [4.78, 5) is 34.9. The van der Waals surface area contributed by atoms with E-state index in [1.807, 2.05) is 0 Å². The molecule has 0 spiro atoms. The van der Waals surface area contributed by atoms with Crippen LogP contribution >= 0.6 is 8.25 Å². The van der Waals surface area contributed by atoms with Gasteiger partial charge in [0.05, 0.1) is 12.9 Å². The van der Waals surface area contributed by atoms with Crippen LogP contribution in [0.1, 0.15) is 20.1 Å². The summed E-state index contributed by atoms with van der Waals surface area (Å²) in [5.41, 5.74) is -0.361. The van der Waals surface area contributed by atoms with E-state index >= 15 is 0 Å². The maximum atomic E-state index is 12.3. The summed E-state index contributed by atoms with van der Waals surface area (Å²) in [6.07, 6.45) is -1.76. The van der Waals surface area contributed by atoms with E-state index in [4.69, 9.17) is 13.8 Å². The second kappa shape index (κ2) is 6.73. The van der Waals surface area contributed by atoms with Gasteiger partial charge >= 0.3 is 8.25 Å². The molecule has 27 heavy (non-hydrogen) atoms. The highest BCUT2D eigenvalue weighted by atomic mass is 31.1. The Morgan fingerprint density at radius 1 is 1.44 bits per heavy atom. The van der Waals surface area contributed by atoms with Crippen molar-refractivity contribution in [2.75, 3.05) is 11.9 Å². The van der Waals surface area contributed by atoms with Gasteiger partial charge in [-0.25, -0.2) is 4.98 Å². The Balaban J connectivity index is 1.74. The summed E-state index contributed by atoms with van der Waals surface area (Å²) in [6.45, 7) is 3.05. The number of aromatic nitrogens is 4. The van der Waals surface area contributed by atoms with Gasteiger partial charge in [0.2, 0.25) is 11.9 Å². The third-order valence-corrected chi connectivity index (χ3v) is 5.18. The van der Waals surface area contributed by atoms with Crippen LogP contribution in [-0.2, 0) is 23.1 Å². The predicted molar refractivity (Wildman–Crippen MR) is 90.0 cm³/mol. The molecule has 2 aromatic heterocycles. The highest BCUT2D eigenvalue weighted by Crippen LogP contribution is 2.49. The number of imidazole rings is 1. The van der Waals surface area contributed by atoms with Crippen LogP contribution in [0.3, 0.4) is 0 Å². The molecule has 0 saturated carbocycles. The van der Waals surface area contributed by atoms with Crippen molar-refractivity contribution in [1.82, 2.24) is 19.5 Å².